The maximum atomic E-state index is 8.60. The molecule has 11 heteroatoms. The fourth-order valence-corrected chi connectivity index (χ4v) is 4.89. The minimum Gasteiger partial charge on any atom is -0.183 e. The van der Waals surface area contributed by atoms with Crippen LogP contribution >= 0.6 is 0 Å². The van der Waals surface area contributed by atoms with Gasteiger partial charge in [-0.3, -0.25) is 0 Å². The van der Waals surface area contributed by atoms with Crippen LogP contribution in [0.15, 0.2) is 0 Å². The second kappa shape index (κ2) is 15.4. The summed E-state index contributed by atoms with van der Waals surface area (Å²) in [5.74, 6) is 0. The molecule has 0 aromatic carbocycles. The van der Waals surface area contributed by atoms with Gasteiger partial charge < -0.3 is 0 Å². The van der Waals surface area contributed by atoms with Crippen LogP contribution in [0, 0.1) is 20.5 Å². The first kappa shape index (κ1) is 25.0. The van der Waals surface area contributed by atoms with Gasteiger partial charge >= 0.3 is 69.5 Å². The van der Waals surface area contributed by atoms with Crippen molar-refractivity contribution in [2.75, 3.05) is 0 Å². The maximum Gasteiger partial charge on any atom is 0.0777 e. The Balaban J connectivity index is -0.000000219. The smallest absolute Gasteiger partial charge is 0.0777 e. The van der Waals surface area contributed by atoms with Crippen LogP contribution in [0.25, 0.3) is 0 Å². The molecule has 0 saturated carbocycles. The molecule has 0 aromatic heterocycles. The van der Waals surface area contributed by atoms with Crippen molar-refractivity contribution in [1.82, 2.24) is 0 Å². The van der Waals surface area contributed by atoms with E-state index in [1.165, 1.54) is 25.7 Å². The Labute approximate surface area is 127 Å². The predicted octanol–water partition coefficient (Wildman–Crippen LogP) is -5.12. The number of hydrogen-bond donors (Lipinski definition) is 2. The van der Waals surface area contributed by atoms with Crippen LogP contribution < -0.4 is 28.0 Å². The van der Waals surface area contributed by atoms with E-state index in [1.54, 1.807) is 8.87 Å². The number of hydrogen-bond acceptors (Lipinski definition) is 8. The number of halogens is 2. The summed E-state index contributed by atoms with van der Waals surface area (Å²) in [6.07, 6.45) is 5.84. The number of rotatable bonds is 6. The van der Waals surface area contributed by atoms with Crippen molar-refractivity contribution in [2.24, 2.45) is 0 Å². The van der Waals surface area contributed by atoms with Gasteiger partial charge in [-0.2, -0.15) is 28.0 Å². The molecule has 0 bridgehead atoms. The summed E-state index contributed by atoms with van der Waals surface area (Å²) in [7, 11) is -9.39. The van der Waals surface area contributed by atoms with E-state index < -0.39 is 20.5 Å². The van der Waals surface area contributed by atoms with E-state index in [-0.39, 0.29) is 21.1 Å². The largest absolute Gasteiger partial charge is 0.183 e. The molecule has 8 nitrogen and oxygen atoms in total. The Morgan fingerprint density at radius 3 is 1.11 bits per heavy atom. The first-order valence-corrected chi connectivity index (χ1v) is 11.9. The third-order valence-electron chi connectivity index (χ3n) is 1.41. The van der Waals surface area contributed by atoms with Gasteiger partial charge in [0.05, 0.1) is 29.8 Å². The first-order valence-electron chi connectivity index (χ1n) is 5.39. The molecule has 2 radical (unpaired) electrons. The molecule has 118 valence electrons. The third-order valence-corrected chi connectivity index (χ3v) is 5.45. The van der Waals surface area contributed by atoms with E-state index in [4.69, 9.17) is 37.3 Å². The summed E-state index contributed by atoms with van der Waals surface area (Å²) in [5, 5.41) is 0. The SMILES string of the molecule is CCC[CH2][Sn][CH2]CCC.[O-][Cl+3]([O-])([O-])O.[O-][Cl+3]([O-])([O-])O. The topological polar surface area (TPSA) is 179 Å². The summed E-state index contributed by atoms with van der Waals surface area (Å²) in [6, 6.07) is 0. The van der Waals surface area contributed by atoms with Gasteiger partial charge in [0.1, 0.15) is 0 Å². The van der Waals surface area contributed by atoms with Crippen LogP contribution in [0.1, 0.15) is 39.5 Å². The summed E-state index contributed by atoms with van der Waals surface area (Å²) >= 11 is 0.149. The van der Waals surface area contributed by atoms with Crippen LogP contribution in [-0.4, -0.2) is 30.5 Å². The molecule has 0 aromatic rings. The molecule has 0 heterocycles. The minimum atomic E-state index is -4.69. The molecule has 19 heavy (non-hydrogen) atoms. The van der Waals surface area contributed by atoms with Crippen molar-refractivity contribution >= 4 is 21.1 Å². The average molecular weight is 434 g/mol. The fraction of sp³-hybridized carbons (Fsp3) is 1.00. The van der Waals surface area contributed by atoms with Crippen LogP contribution in [0.2, 0.25) is 8.87 Å². The van der Waals surface area contributed by atoms with Gasteiger partial charge in [-0.05, 0) is 0 Å². The standard InChI is InChI=1S/2C4H9.2ClHO4.Sn/c2*1-3-4-2;2*2-1(3,4)5;/h2*1,3-4H2,2H3;2*(H,2,3,4,5);. The molecule has 0 aliphatic carbocycles. The molecule has 0 aliphatic rings. The van der Waals surface area contributed by atoms with Gasteiger partial charge in [-0.25, -0.2) is 0 Å². The molecular weight excluding hydrogens is 414 g/mol. The van der Waals surface area contributed by atoms with Crippen molar-refractivity contribution in [3.63, 3.8) is 0 Å². The van der Waals surface area contributed by atoms with Crippen LogP contribution in [0.3, 0.4) is 0 Å². The van der Waals surface area contributed by atoms with E-state index in [9.17, 15) is 0 Å². The first-order chi connectivity index (χ1) is 8.41. The van der Waals surface area contributed by atoms with Crippen LogP contribution in [-0.2, 0) is 0 Å². The van der Waals surface area contributed by atoms with E-state index in [2.05, 4.69) is 13.8 Å². The van der Waals surface area contributed by atoms with Crippen molar-refractivity contribution in [3.8, 4) is 0 Å². The molecule has 0 unspecified atom stereocenters. The molecule has 0 rings (SSSR count). The monoisotopic (exact) mass is 434 g/mol. The van der Waals surface area contributed by atoms with Crippen molar-refractivity contribution in [2.45, 2.75) is 48.4 Å². The zero-order valence-corrected chi connectivity index (χ0v) is 15.2. The quantitative estimate of drug-likeness (QED) is 0.308. The van der Waals surface area contributed by atoms with Crippen molar-refractivity contribution in [1.29, 1.82) is 0 Å². The van der Waals surface area contributed by atoms with E-state index in [0.29, 0.717) is 0 Å². The van der Waals surface area contributed by atoms with Crippen molar-refractivity contribution < 1.29 is 57.8 Å². The van der Waals surface area contributed by atoms with Crippen LogP contribution in [0.4, 0.5) is 0 Å². The number of unbranched alkanes of at least 4 members (excludes halogenated alkanes) is 2. The van der Waals surface area contributed by atoms with Gasteiger partial charge in [0.15, 0.2) is 0 Å². The van der Waals surface area contributed by atoms with Gasteiger partial charge in [0.2, 0.25) is 0 Å². The molecule has 2 N–H and O–H groups in total. The Hall–Kier alpha value is 1.06. The van der Waals surface area contributed by atoms with Gasteiger partial charge in [0.25, 0.3) is 0 Å². The zero-order chi connectivity index (χ0) is 15.9. The third kappa shape index (κ3) is 111. The van der Waals surface area contributed by atoms with E-state index in [1.807, 2.05) is 0 Å². The fourth-order valence-electron chi connectivity index (χ4n) is 0.729. The van der Waals surface area contributed by atoms with E-state index >= 15 is 0 Å². The van der Waals surface area contributed by atoms with Gasteiger partial charge in [-0.1, -0.05) is 0 Å². The average Bonchev–Trinajstić information content (AvgIpc) is 2.12. The Kier molecular flexibility index (Phi) is 20.4. The second-order valence-corrected chi connectivity index (χ2v) is 9.11. The summed E-state index contributed by atoms with van der Waals surface area (Å²) in [6.45, 7) is 4.58. The molecule has 0 aliphatic heterocycles. The summed E-state index contributed by atoms with van der Waals surface area (Å²) < 4.78 is 68.7. The summed E-state index contributed by atoms with van der Waals surface area (Å²) in [5.41, 5.74) is 0. The zero-order valence-electron chi connectivity index (χ0n) is 10.8. The Morgan fingerprint density at radius 2 is 0.947 bits per heavy atom. The van der Waals surface area contributed by atoms with Crippen molar-refractivity contribution in [3.05, 3.63) is 0 Å². The van der Waals surface area contributed by atoms with Gasteiger partial charge in [-0.15, -0.1) is 0 Å². The normalized spacial score (nSPS) is 11.1. The molecular formula is C8H20Cl2O8Sn. The maximum absolute atomic E-state index is 8.60. The minimum absolute atomic E-state index is 0.149. The molecule has 0 atom stereocenters. The molecule has 0 amide bonds. The van der Waals surface area contributed by atoms with Gasteiger partial charge in [0, 0.05) is 0 Å². The molecule has 0 fully saturated rings. The van der Waals surface area contributed by atoms with E-state index in [0.717, 1.165) is 0 Å². The summed E-state index contributed by atoms with van der Waals surface area (Å²) in [4.78, 5) is 0. The molecule has 0 saturated heterocycles. The predicted molar refractivity (Wildman–Crippen MR) is 49.6 cm³/mol. The Morgan fingerprint density at radius 1 is 0.737 bits per heavy atom. The Bertz CT molecular complexity index is 143. The second-order valence-electron chi connectivity index (χ2n) is 3.25. The molecule has 0 spiro atoms. The van der Waals surface area contributed by atoms with Crippen LogP contribution in [0.5, 0.6) is 0 Å².